The van der Waals surface area contributed by atoms with Crippen molar-refractivity contribution in [1.82, 2.24) is 4.90 Å². The third kappa shape index (κ3) is 4.03. The van der Waals surface area contributed by atoms with Crippen molar-refractivity contribution in [2.75, 3.05) is 18.4 Å². The van der Waals surface area contributed by atoms with Crippen LogP contribution < -0.4 is 5.32 Å². The molecule has 1 aliphatic rings. The van der Waals surface area contributed by atoms with Crippen LogP contribution in [-0.2, 0) is 4.79 Å². The van der Waals surface area contributed by atoms with Gasteiger partial charge in [-0.3, -0.25) is 9.69 Å². The van der Waals surface area contributed by atoms with Crippen molar-refractivity contribution in [3.05, 3.63) is 29.8 Å². The number of carbonyl (C=O) groups is 1. The number of nitrogens with one attached hydrogen (secondary N) is 1. The topological polar surface area (TPSA) is 76.4 Å². The molecule has 21 heavy (non-hydrogen) atoms. The lowest BCUT2D eigenvalue weighted by molar-refractivity contribution is -0.122. The summed E-state index contributed by atoms with van der Waals surface area (Å²) in [5, 5.41) is 21.7. The van der Waals surface area contributed by atoms with Gasteiger partial charge in [-0.05, 0) is 44.9 Å². The van der Waals surface area contributed by atoms with Gasteiger partial charge in [-0.2, -0.15) is 5.26 Å². The highest BCUT2D eigenvalue weighted by Crippen LogP contribution is 2.23. The van der Waals surface area contributed by atoms with Crippen LogP contribution in [0.1, 0.15) is 32.3 Å². The summed E-state index contributed by atoms with van der Waals surface area (Å²) in [7, 11) is 0. The molecule has 0 bridgehead atoms. The van der Waals surface area contributed by atoms with E-state index in [1.165, 1.54) is 0 Å². The van der Waals surface area contributed by atoms with Gasteiger partial charge in [0, 0.05) is 18.8 Å². The molecule has 1 amide bonds. The van der Waals surface area contributed by atoms with Crippen LogP contribution in [0, 0.1) is 11.3 Å². The largest absolute Gasteiger partial charge is 0.390 e. The summed E-state index contributed by atoms with van der Waals surface area (Å²) in [5.74, 6) is -0.0911. The summed E-state index contributed by atoms with van der Waals surface area (Å²) in [6, 6.07) is 8.67. The molecule has 2 rings (SSSR count). The van der Waals surface area contributed by atoms with Crippen LogP contribution >= 0.6 is 0 Å². The molecule has 1 heterocycles. The minimum absolute atomic E-state index is 0.0911. The molecule has 1 fully saturated rings. The lowest BCUT2D eigenvalue weighted by Gasteiger charge is -2.38. The molecule has 0 saturated carbocycles. The molecule has 1 unspecified atom stereocenters. The highest BCUT2D eigenvalue weighted by molar-refractivity contribution is 5.94. The number of amides is 1. The summed E-state index contributed by atoms with van der Waals surface area (Å²) in [6.45, 7) is 5.12. The maximum Gasteiger partial charge on any atom is 0.241 e. The summed E-state index contributed by atoms with van der Waals surface area (Å²) in [5.41, 5.74) is 0.540. The predicted octanol–water partition coefficient (Wildman–Crippen LogP) is 1.73. The van der Waals surface area contributed by atoms with Crippen LogP contribution in [0.5, 0.6) is 0 Å². The Morgan fingerprint density at radius 3 is 2.76 bits per heavy atom. The van der Waals surface area contributed by atoms with Crippen molar-refractivity contribution in [3.63, 3.8) is 0 Å². The fraction of sp³-hybridized carbons (Fsp3) is 0.500. The smallest absolute Gasteiger partial charge is 0.241 e. The standard InChI is InChI=1S/C16H21N3O2/c1-12(19-8-6-16(2,21)7-9-19)15(20)18-14-5-3-4-13(10-14)11-17/h3-5,10,12,21H,6-9H2,1-2H3,(H,18,20). The summed E-state index contributed by atoms with van der Waals surface area (Å²) < 4.78 is 0. The van der Waals surface area contributed by atoms with Gasteiger partial charge in [0.1, 0.15) is 0 Å². The maximum atomic E-state index is 12.3. The molecule has 0 radical (unpaired) electrons. The number of nitrogens with zero attached hydrogens (tertiary/aromatic N) is 2. The van der Waals surface area contributed by atoms with Crippen molar-refractivity contribution in [2.45, 2.75) is 38.3 Å². The molecule has 5 nitrogen and oxygen atoms in total. The molecule has 1 aromatic carbocycles. The number of likely N-dealkylation sites (tertiary alicyclic amines) is 1. The molecule has 2 N–H and O–H groups in total. The molecule has 0 aromatic heterocycles. The monoisotopic (exact) mass is 287 g/mol. The van der Waals surface area contributed by atoms with Crippen molar-refractivity contribution in [1.29, 1.82) is 5.26 Å². The molecule has 1 aliphatic heterocycles. The highest BCUT2D eigenvalue weighted by atomic mass is 16.3. The number of aliphatic hydroxyl groups is 1. The van der Waals surface area contributed by atoms with Gasteiger partial charge in [-0.25, -0.2) is 0 Å². The Labute approximate surface area is 125 Å². The number of hydrogen-bond donors (Lipinski definition) is 2. The molecule has 112 valence electrons. The molecular weight excluding hydrogens is 266 g/mol. The van der Waals surface area contributed by atoms with E-state index in [0.717, 1.165) is 0 Å². The van der Waals surface area contributed by atoms with Gasteiger partial charge >= 0.3 is 0 Å². The van der Waals surface area contributed by atoms with Crippen molar-refractivity contribution < 1.29 is 9.90 Å². The lowest BCUT2D eigenvalue weighted by atomic mass is 9.93. The van der Waals surface area contributed by atoms with E-state index in [0.29, 0.717) is 37.2 Å². The quantitative estimate of drug-likeness (QED) is 0.887. The Kier molecular flexibility index (Phi) is 4.61. The SMILES string of the molecule is CC(C(=O)Nc1cccc(C#N)c1)N1CCC(C)(O)CC1. The van der Waals surface area contributed by atoms with Crippen LogP contribution in [0.15, 0.2) is 24.3 Å². The second-order valence-electron chi connectivity index (χ2n) is 5.89. The van der Waals surface area contributed by atoms with E-state index < -0.39 is 5.60 Å². The molecule has 1 aromatic rings. The maximum absolute atomic E-state index is 12.3. The molecular formula is C16H21N3O2. The molecule has 1 saturated heterocycles. The number of benzene rings is 1. The van der Waals surface area contributed by atoms with E-state index in [-0.39, 0.29) is 11.9 Å². The lowest BCUT2D eigenvalue weighted by Crippen LogP contribution is -2.49. The van der Waals surface area contributed by atoms with Crippen LogP contribution in [0.25, 0.3) is 0 Å². The van der Waals surface area contributed by atoms with E-state index in [4.69, 9.17) is 5.26 Å². The van der Waals surface area contributed by atoms with Gasteiger partial charge < -0.3 is 10.4 Å². The fourth-order valence-corrected chi connectivity index (χ4v) is 2.47. The second kappa shape index (κ2) is 6.25. The second-order valence-corrected chi connectivity index (χ2v) is 5.89. The number of rotatable bonds is 3. The van der Waals surface area contributed by atoms with Crippen LogP contribution in [-0.4, -0.2) is 40.6 Å². The minimum atomic E-state index is -0.617. The first-order valence-corrected chi connectivity index (χ1v) is 7.19. The average molecular weight is 287 g/mol. The Balaban J connectivity index is 1.95. The number of nitriles is 1. The van der Waals surface area contributed by atoms with E-state index in [9.17, 15) is 9.90 Å². The van der Waals surface area contributed by atoms with Gasteiger partial charge in [-0.1, -0.05) is 6.07 Å². The van der Waals surface area contributed by atoms with Gasteiger partial charge in [0.25, 0.3) is 0 Å². The first kappa shape index (κ1) is 15.5. The third-order valence-corrected chi connectivity index (χ3v) is 4.06. The minimum Gasteiger partial charge on any atom is -0.390 e. The first-order valence-electron chi connectivity index (χ1n) is 7.19. The Morgan fingerprint density at radius 1 is 1.48 bits per heavy atom. The number of hydrogen-bond acceptors (Lipinski definition) is 4. The van der Waals surface area contributed by atoms with Crippen LogP contribution in [0.2, 0.25) is 0 Å². The Hall–Kier alpha value is -1.90. The summed E-state index contributed by atoms with van der Waals surface area (Å²) >= 11 is 0. The zero-order valence-corrected chi connectivity index (χ0v) is 12.5. The summed E-state index contributed by atoms with van der Waals surface area (Å²) in [6.07, 6.45) is 1.35. The van der Waals surface area contributed by atoms with Crippen molar-refractivity contribution in [3.8, 4) is 6.07 Å². The predicted molar refractivity (Wildman–Crippen MR) is 80.7 cm³/mol. The van der Waals surface area contributed by atoms with Gasteiger partial charge in [0.15, 0.2) is 0 Å². The normalized spacial score (nSPS) is 19.5. The van der Waals surface area contributed by atoms with Crippen LogP contribution in [0.4, 0.5) is 5.69 Å². The Bertz CT molecular complexity index is 553. The molecule has 0 aliphatic carbocycles. The Morgan fingerprint density at radius 2 is 2.14 bits per heavy atom. The van der Waals surface area contributed by atoms with Gasteiger partial charge in [0.05, 0.1) is 23.3 Å². The van der Waals surface area contributed by atoms with E-state index in [1.54, 1.807) is 24.3 Å². The van der Waals surface area contributed by atoms with Gasteiger partial charge in [0.2, 0.25) is 5.91 Å². The number of anilines is 1. The van der Waals surface area contributed by atoms with E-state index in [1.807, 2.05) is 13.8 Å². The van der Waals surface area contributed by atoms with Crippen molar-refractivity contribution >= 4 is 11.6 Å². The van der Waals surface area contributed by atoms with Crippen LogP contribution in [0.3, 0.4) is 0 Å². The first-order chi connectivity index (χ1) is 9.91. The molecule has 0 spiro atoms. The molecule has 1 atom stereocenters. The fourth-order valence-electron chi connectivity index (χ4n) is 2.47. The average Bonchev–Trinajstić information content (AvgIpc) is 2.46. The highest BCUT2D eigenvalue weighted by Gasteiger charge is 2.31. The zero-order valence-electron chi connectivity index (χ0n) is 12.5. The van der Waals surface area contributed by atoms with E-state index >= 15 is 0 Å². The zero-order chi connectivity index (χ0) is 15.5. The van der Waals surface area contributed by atoms with Crippen molar-refractivity contribution in [2.24, 2.45) is 0 Å². The number of piperidine rings is 1. The summed E-state index contributed by atoms with van der Waals surface area (Å²) in [4.78, 5) is 14.3. The van der Waals surface area contributed by atoms with Gasteiger partial charge in [-0.15, -0.1) is 0 Å². The van der Waals surface area contributed by atoms with E-state index in [2.05, 4.69) is 16.3 Å². The molecule has 5 heteroatoms. The number of carbonyl (C=O) groups excluding carboxylic acids is 1. The third-order valence-electron chi connectivity index (χ3n) is 4.06.